The first-order valence-corrected chi connectivity index (χ1v) is 5.41. The molecule has 0 aliphatic carbocycles. The summed E-state index contributed by atoms with van der Waals surface area (Å²) in [4.78, 5) is 0. The van der Waals surface area contributed by atoms with Crippen LogP contribution >= 0.6 is 12.6 Å². The summed E-state index contributed by atoms with van der Waals surface area (Å²) in [5.41, 5.74) is 3.66. The summed E-state index contributed by atoms with van der Waals surface area (Å²) < 4.78 is -0.0634. The zero-order valence-corrected chi connectivity index (χ0v) is 10.1. The molecule has 0 nitrogen and oxygen atoms in total. The molecule has 0 N–H and O–H groups in total. The van der Waals surface area contributed by atoms with Gasteiger partial charge in [0.15, 0.2) is 0 Å². The number of rotatable bonds is 3. The smallest absolute Gasteiger partial charge is 0.0322 e. The number of allylic oxidation sites excluding steroid dienone is 1. The molecule has 1 aromatic rings. The van der Waals surface area contributed by atoms with Crippen LogP contribution in [0.15, 0.2) is 30.8 Å². The summed E-state index contributed by atoms with van der Waals surface area (Å²) >= 11 is 4.53. The van der Waals surface area contributed by atoms with E-state index in [1.165, 1.54) is 16.7 Å². The van der Waals surface area contributed by atoms with Crippen molar-refractivity contribution in [3.8, 4) is 0 Å². The fourth-order valence-electron chi connectivity index (χ4n) is 1.32. The average molecular weight is 206 g/mol. The molecular weight excluding hydrogens is 188 g/mol. The first kappa shape index (κ1) is 11.4. The average Bonchev–Trinajstić information content (AvgIpc) is 2.15. The van der Waals surface area contributed by atoms with Crippen LogP contribution in [0.3, 0.4) is 0 Å². The molecule has 0 aliphatic heterocycles. The molecule has 0 saturated carbocycles. The van der Waals surface area contributed by atoms with E-state index in [4.69, 9.17) is 0 Å². The van der Waals surface area contributed by atoms with Crippen molar-refractivity contribution in [2.24, 2.45) is 0 Å². The molecular formula is C13H18S. The summed E-state index contributed by atoms with van der Waals surface area (Å²) in [6.07, 6.45) is 1.00. The van der Waals surface area contributed by atoms with Gasteiger partial charge in [0, 0.05) is 4.75 Å². The van der Waals surface area contributed by atoms with Crippen LogP contribution in [0.25, 0.3) is 5.57 Å². The molecule has 1 aromatic carbocycles. The first-order valence-electron chi connectivity index (χ1n) is 4.96. The Balaban J connectivity index is 2.95. The van der Waals surface area contributed by atoms with E-state index in [1.54, 1.807) is 0 Å². The minimum Gasteiger partial charge on any atom is -0.168 e. The van der Waals surface area contributed by atoms with E-state index in [-0.39, 0.29) is 4.75 Å². The predicted molar refractivity (Wildman–Crippen MR) is 67.8 cm³/mol. The maximum absolute atomic E-state index is 4.53. The second kappa shape index (κ2) is 4.22. The first-order chi connectivity index (χ1) is 6.45. The number of thiol groups is 1. The quantitative estimate of drug-likeness (QED) is 0.701. The van der Waals surface area contributed by atoms with Crippen molar-refractivity contribution in [2.75, 3.05) is 0 Å². The highest BCUT2D eigenvalue weighted by molar-refractivity contribution is 7.81. The highest BCUT2D eigenvalue weighted by Crippen LogP contribution is 2.28. The molecule has 0 heterocycles. The highest BCUT2D eigenvalue weighted by atomic mass is 32.1. The van der Waals surface area contributed by atoms with Gasteiger partial charge in [-0.05, 0) is 37.0 Å². The molecule has 0 atom stereocenters. The van der Waals surface area contributed by atoms with Gasteiger partial charge in [-0.15, -0.1) is 0 Å². The molecule has 0 aromatic heterocycles. The maximum Gasteiger partial charge on any atom is 0.0322 e. The van der Waals surface area contributed by atoms with Gasteiger partial charge in [0.25, 0.3) is 0 Å². The Kier molecular flexibility index (Phi) is 3.43. The summed E-state index contributed by atoms with van der Waals surface area (Å²) in [5, 5.41) is 0. The van der Waals surface area contributed by atoms with Gasteiger partial charge in [0.2, 0.25) is 0 Å². The minimum absolute atomic E-state index is 0.0634. The van der Waals surface area contributed by atoms with Crippen LogP contribution in [-0.4, -0.2) is 0 Å². The van der Waals surface area contributed by atoms with Crippen LogP contribution in [0.4, 0.5) is 0 Å². The lowest BCUT2D eigenvalue weighted by molar-refractivity contribution is 0.791. The Labute approximate surface area is 92.5 Å². The Bertz CT molecular complexity index is 314. The van der Waals surface area contributed by atoms with E-state index in [1.807, 2.05) is 0 Å². The molecule has 0 fully saturated rings. The topological polar surface area (TPSA) is 0 Å². The van der Waals surface area contributed by atoms with Gasteiger partial charge in [-0.3, -0.25) is 0 Å². The van der Waals surface area contributed by atoms with Gasteiger partial charge in [0.1, 0.15) is 0 Å². The van der Waals surface area contributed by atoms with Gasteiger partial charge in [0.05, 0.1) is 0 Å². The summed E-state index contributed by atoms with van der Waals surface area (Å²) in [6, 6.07) is 8.50. The van der Waals surface area contributed by atoms with E-state index in [0.29, 0.717) is 0 Å². The van der Waals surface area contributed by atoms with E-state index >= 15 is 0 Å². The van der Waals surface area contributed by atoms with E-state index in [0.717, 1.165) is 6.42 Å². The third-order valence-electron chi connectivity index (χ3n) is 2.43. The molecule has 76 valence electrons. The van der Waals surface area contributed by atoms with Crippen LogP contribution in [0.2, 0.25) is 0 Å². The molecule has 0 amide bonds. The standard InChI is InChI=1S/C13H18S/c1-5-10(2)11-6-8-12(9-7-11)13(3,4)14/h6-9,14H,2,5H2,1,3-4H3. The van der Waals surface area contributed by atoms with Crippen molar-refractivity contribution in [1.82, 2.24) is 0 Å². The van der Waals surface area contributed by atoms with Gasteiger partial charge < -0.3 is 0 Å². The highest BCUT2D eigenvalue weighted by Gasteiger charge is 2.13. The van der Waals surface area contributed by atoms with Crippen LogP contribution in [0.1, 0.15) is 38.3 Å². The number of hydrogen-bond donors (Lipinski definition) is 1. The van der Waals surface area contributed by atoms with E-state index in [9.17, 15) is 0 Å². The van der Waals surface area contributed by atoms with Crippen molar-refractivity contribution in [3.63, 3.8) is 0 Å². The van der Waals surface area contributed by atoms with Crippen LogP contribution in [-0.2, 0) is 4.75 Å². The van der Waals surface area contributed by atoms with Crippen molar-refractivity contribution in [1.29, 1.82) is 0 Å². The van der Waals surface area contributed by atoms with Crippen molar-refractivity contribution < 1.29 is 0 Å². The minimum atomic E-state index is -0.0634. The second-order valence-electron chi connectivity index (χ2n) is 4.09. The molecule has 0 saturated heterocycles. The van der Waals surface area contributed by atoms with Crippen molar-refractivity contribution in [2.45, 2.75) is 31.9 Å². The lowest BCUT2D eigenvalue weighted by Crippen LogP contribution is -2.07. The molecule has 0 radical (unpaired) electrons. The third kappa shape index (κ3) is 2.65. The lowest BCUT2D eigenvalue weighted by atomic mass is 9.98. The summed E-state index contributed by atoms with van der Waals surface area (Å²) in [7, 11) is 0. The molecule has 1 rings (SSSR count). The van der Waals surface area contributed by atoms with Gasteiger partial charge >= 0.3 is 0 Å². The van der Waals surface area contributed by atoms with Crippen LogP contribution in [0.5, 0.6) is 0 Å². The lowest BCUT2D eigenvalue weighted by Gasteiger charge is -2.18. The Hall–Kier alpha value is -0.690. The Morgan fingerprint density at radius 2 is 1.79 bits per heavy atom. The summed E-state index contributed by atoms with van der Waals surface area (Å²) in [5.74, 6) is 0. The Morgan fingerprint density at radius 3 is 2.14 bits per heavy atom. The SMILES string of the molecule is C=C(CC)c1ccc(C(C)(C)S)cc1. The zero-order valence-electron chi connectivity index (χ0n) is 9.17. The van der Waals surface area contributed by atoms with E-state index < -0.39 is 0 Å². The largest absolute Gasteiger partial charge is 0.168 e. The third-order valence-corrected chi connectivity index (χ3v) is 2.68. The maximum atomic E-state index is 4.53. The Morgan fingerprint density at radius 1 is 1.29 bits per heavy atom. The fraction of sp³-hybridized carbons (Fsp3) is 0.385. The van der Waals surface area contributed by atoms with Gasteiger partial charge in [-0.1, -0.05) is 37.8 Å². The van der Waals surface area contributed by atoms with Crippen LogP contribution < -0.4 is 0 Å². The monoisotopic (exact) mass is 206 g/mol. The van der Waals surface area contributed by atoms with Crippen molar-refractivity contribution in [3.05, 3.63) is 42.0 Å². The number of benzene rings is 1. The van der Waals surface area contributed by atoms with Gasteiger partial charge in [-0.2, -0.15) is 12.6 Å². The van der Waals surface area contributed by atoms with Gasteiger partial charge in [-0.25, -0.2) is 0 Å². The summed E-state index contributed by atoms with van der Waals surface area (Å²) in [6.45, 7) is 10.3. The van der Waals surface area contributed by atoms with Crippen molar-refractivity contribution >= 4 is 18.2 Å². The molecule has 0 bridgehead atoms. The fourth-order valence-corrected chi connectivity index (χ4v) is 1.47. The number of hydrogen-bond acceptors (Lipinski definition) is 1. The van der Waals surface area contributed by atoms with Crippen LogP contribution in [0, 0.1) is 0 Å². The normalized spacial score (nSPS) is 11.4. The predicted octanol–water partition coefficient (Wildman–Crippen LogP) is 4.27. The zero-order chi connectivity index (χ0) is 10.8. The molecule has 1 heteroatoms. The molecule has 0 spiro atoms. The molecule has 0 aliphatic rings. The molecule has 0 unspecified atom stereocenters. The second-order valence-corrected chi connectivity index (χ2v) is 5.21. The molecule has 14 heavy (non-hydrogen) atoms. The van der Waals surface area contributed by atoms with E-state index in [2.05, 4.69) is 64.2 Å².